The Morgan fingerprint density at radius 2 is 1.92 bits per heavy atom. The summed E-state index contributed by atoms with van der Waals surface area (Å²) in [6.07, 6.45) is 1.75. The van der Waals surface area contributed by atoms with E-state index in [1.165, 1.54) is 0 Å². The van der Waals surface area contributed by atoms with Crippen LogP contribution in [-0.4, -0.2) is 30.9 Å². The highest BCUT2D eigenvalue weighted by molar-refractivity contribution is 5.80. The van der Waals surface area contributed by atoms with Gasteiger partial charge in [-0.05, 0) is 37.1 Å². The molecule has 1 aliphatic heterocycles. The first-order valence-electron chi connectivity index (χ1n) is 8.43. The Hall–Kier alpha value is -2.66. The van der Waals surface area contributed by atoms with E-state index in [2.05, 4.69) is 5.32 Å². The topological polar surface area (TPSA) is 64.6 Å². The van der Waals surface area contributed by atoms with Gasteiger partial charge in [-0.1, -0.05) is 42.5 Å². The molecule has 1 saturated heterocycles. The average Bonchev–Trinajstić information content (AvgIpc) is 3.19. The first kappa shape index (κ1) is 17.2. The molecule has 2 atom stereocenters. The SMILES string of the molecule is O=Cc1ccccc1OC(C(=O)OCc1ccccc1)C1CCCN1. The molecule has 1 aliphatic rings. The third-order valence-electron chi connectivity index (χ3n) is 4.22. The smallest absolute Gasteiger partial charge is 0.349 e. The van der Waals surface area contributed by atoms with Gasteiger partial charge >= 0.3 is 5.97 Å². The molecule has 0 amide bonds. The summed E-state index contributed by atoms with van der Waals surface area (Å²) in [5, 5.41) is 3.28. The van der Waals surface area contributed by atoms with E-state index in [1.54, 1.807) is 24.3 Å². The minimum atomic E-state index is -0.785. The molecule has 25 heavy (non-hydrogen) atoms. The normalized spacial score (nSPS) is 17.7. The van der Waals surface area contributed by atoms with Crippen molar-refractivity contribution in [2.24, 2.45) is 0 Å². The monoisotopic (exact) mass is 339 g/mol. The van der Waals surface area contributed by atoms with Gasteiger partial charge in [0, 0.05) is 0 Å². The van der Waals surface area contributed by atoms with Gasteiger partial charge in [-0.2, -0.15) is 0 Å². The number of nitrogens with one attached hydrogen (secondary N) is 1. The van der Waals surface area contributed by atoms with Gasteiger partial charge in [0.2, 0.25) is 6.10 Å². The Morgan fingerprint density at radius 1 is 1.16 bits per heavy atom. The summed E-state index contributed by atoms with van der Waals surface area (Å²) >= 11 is 0. The standard InChI is InChI=1S/C20H21NO4/c22-13-16-9-4-5-11-18(16)25-19(17-10-6-12-21-17)20(23)24-14-15-7-2-1-3-8-15/h1-5,7-9,11,13,17,19,21H,6,10,12,14H2. The maximum atomic E-state index is 12.6. The van der Waals surface area contributed by atoms with Crippen molar-refractivity contribution in [1.29, 1.82) is 0 Å². The molecule has 0 saturated carbocycles. The molecule has 5 nitrogen and oxygen atoms in total. The van der Waals surface area contributed by atoms with E-state index < -0.39 is 12.1 Å². The summed E-state index contributed by atoms with van der Waals surface area (Å²) in [5.41, 5.74) is 1.34. The van der Waals surface area contributed by atoms with E-state index in [9.17, 15) is 9.59 Å². The first-order valence-corrected chi connectivity index (χ1v) is 8.43. The van der Waals surface area contributed by atoms with Crippen LogP contribution < -0.4 is 10.1 Å². The molecule has 0 spiro atoms. The van der Waals surface area contributed by atoms with Gasteiger partial charge in [0.25, 0.3) is 0 Å². The van der Waals surface area contributed by atoms with Crippen LogP contribution in [0.4, 0.5) is 0 Å². The second kappa shape index (κ2) is 8.44. The minimum absolute atomic E-state index is 0.122. The number of ether oxygens (including phenoxy) is 2. The van der Waals surface area contributed by atoms with Gasteiger partial charge in [-0.25, -0.2) is 4.79 Å². The highest BCUT2D eigenvalue weighted by Gasteiger charge is 2.34. The molecule has 1 N–H and O–H groups in total. The largest absolute Gasteiger partial charge is 0.476 e. The maximum absolute atomic E-state index is 12.6. The van der Waals surface area contributed by atoms with Gasteiger partial charge in [0.05, 0.1) is 11.6 Å². The second-order valence-electron chi connectivity index (χ2n) is 5.99. The van der Waals surface area contributed by atoms with Crippen LogP contribution in [0.2, 0.25) is 0 Å². The van der Waals surface area contributed by atoms with Gasteiger partial charge in [-0.3, -0.25) is 4.79 Å². The summed E-state index contributed by atoms with van der Waals surface area (Å²) in [6, 6.07) is 16.3. The van der Waals surface area contributed by atoms with Crippen LogP contribution >= 0.6 is 0 Å². The number of rotatable bonds is 7. The van der Waals surface area contributed by atoms with E-state index >= 15 is 0 Å². The number of benzene rings is 2. The lowest BCUT2D eigenvalue weighted by Gasteiger charge is -2.24. The summed E-state index contributed by atoms with van der Waals surface area (Å²) in [5.74, 6) is -0.0307. The Bertz CT molecular complexity index is 711. The third-order valence-corrected chi connectivity index (χ3v) is 4.22. The molecule has 2 unspecified atom stereocenters. The molecular weight excluding hydrogens is 318 g/mol. The van der Waals surface area contributed by atoms with Crippen LogP contribution in [0.1, 0.15) is 28.8 Å². The minimum Gasteiger partial charge on any atom is -0.476 e. The van der Waals surface area contributed by atoms with Crippen molar-refractivity contribution in [1.82, 2.24) is 5.32 Å². The molecule has 5 heteroatoms. The van der Waals surface area contributed by atoms with Crippen molar-refractivity contribution in [2.75, 3.05) is 6.54 Å². The zero-order valence-electron chi connectivity index (χ0n) is 13.9. The fraction of sp³-hybridized carbons (Fsp3) is 0.300. The quantitative estimate of drug-likeness (QED) is 0.621. The summed E-state index contributed by atoms with van der Waals surface area (Å²) in [6.45, 7) is 1.04. The molecule has 0 radical (unpaired) electrons. The van der Waals surface area contributed by atoms with Crippen molar-refractivity contribution < 1.29 is 19.1 Å². The van der Waals surface area contributed by atoms with Crippen LogP contribution in [0.5, 0.6) is 5.75 Å². The fourth-order valence-electron chi connectivity index (χ4n) is 2.90. The van der Waals surface area contributed by atoms with Crippen LogP contribution in [0.15, 0.2) is 54.6 Å². The van der Waals surface area contributed by atoms with E-state index in [1.807, 2.05) is 30.3 Å². The van der Waals surface area contributed by atoms with Crippen molar-refractivity contribution in [3.05, 3.63) is 65.7 Å². The van der Waals surface area contributed by atoms with Crippen molar-refractivity contribution in [3.8, 4) is 5.75 Å². The lowest BCUT2D eigenvalue weighted by Crippen LogP contribution is -2.45. The molecule has 0 aliphatic carbocycles. The Morgan fingerprint density at radius 3 is 2.64 bits per heavy atom. The van der Waals surface area contributed by atoms with Crippen LogP contribution in [0.3, 0.4) is 0 Å². The molecule has 130 valence electrons. The average molecular weight is 339 g/mol. The van der Waals surface area contributed by atoms with Crippen molar-refractivity contribution in [2.45, 2.75) is 31.6 Å². The number of carbonyl (C=O) groups excluding carboxylic acids is 2. The van der Waals surface area contributed by atoms with E-state index in [4.69, 9.17) is 9.47 Å². The van der Waals surface area contributed by atoms with Crippen molar-refractivity contribution in [3.63, 3.8) is 0 Å². The molecule has 0 bridgehead atoms. The summed E-state index contributed by atoms with van der Waals surface area (Å²) < 4.78 is 11.4. The zero-order valence-corrected chi connectivity index (χ0v) is 13.9. The Labute approximate surface area is 147 Å². The van der Waals surface area contributed by atoms with Crippen LogP contribution in [0.25, 0.3) is 0 Å². The molecule has 1 heterocycles. The predicted molar refractivity (Wildman–Crippen MR) is 93.5 cm³/mol. The number of esters is 1. The van der Waals surface area contributed by atoms with Gasteiger partial charge < -0.3 is 14.8 Å². The maximum Gasteiger partial charge on any atom is 0.349 e. The molecule has 0 aromatic heterocycles. The number of para-hydroxylation sites is 1. The van der Waals surface area contributed by atoms with Gasteiger partial charge in [0.1, 0.15) is 12.4 Å². The predicted octanol–water partition coefficient (Wildman–Crippen LogP) is 2.74. The second-order valence-corrected chi connectivity index (χ2v) is 5.99. The highest BCUT2D eigenvalue weighted by Crippen LogP contribution is 2.22. The van der Waals surface area contributed by atoms with E-state index in [0.717, 1.165) is 31.2 Å². The van der Waals surface area contributed by atoms with E-state index in [-0.39, 0.29) is 12.6 Å². The van der Waals surface area contributed by atoms with Gasteiger partial charge in [-0.15, -0.1) is 0 Å². The number of aldehydes is 1. The first-order chi connectivity index (χ1) is 12.3. The number of hydrogen-bond acceptors (Lipinski definition) is 5. The fourth-order valence-corrected chi connectivity index (χ4v) is 2.90. The van der Waals surface area contributed by atoms with Gasteiger partial charge in [0.15, 0.2) is 6.29 Å². The van der Waals surface area contributed by atoms with Crippen LogP contribution in [-0.2, 0) is 16.1 Å². The van der Waals surface area contributed by atoms with Crippen molar-refractivity contribution >= 4 is 12.3 Å². The zero-order chi connectivity index (χ0) is 17.5. The lowest BCUT2D eigenvalue weighted by atomic mass is 10.1. The third kappa shape index (κ3) is 4.45. The van der Waals surface area contributed by atoms with E-state index in [0.29, 0.717) is 11.3 Å². The molecule has 1 fully saturated rings. The molecule has 2 aromatic rings. The molecule has 3 rings (SSSR count). The summed E-state index contributed by atoms with van der Waals surface area (Å²) in [7, 11) is 0. The Balaban J connectivity index is 1.72. The molecular formula is C20H21NO4. The highest BCUT2D eigenvalue weighted by atomic mass is 16.6. The number of hydrogen-bond donors (Lipinski definition) is 1. The Kier molecular flexibility index (Phi) is 5.80. The number of carbonyl (C=O) groups is 2. The van der Waals surface area contributed by atoms with Crippen LogP contribution in [0, 0.1) is 0 Å². The lowest BCUT2D eigenvalue weighted by molar-refractivity contribution is -0.154. The molecule has 2 aromatic carbocycles. The summed E-state index contributed by atoms with van der Waals surface area (Å²) in [4.78, 5) is 23.8.